The highest BCUT2D eigenvalue weighted by atomic mass is 31.2. The third-order valence-electron chi connectivity index (χ3n) is 10.4. The van der Waals surface area contributed by atoms with Crippen LogP contribution in [0.25, 0.3) is 0 Å². The SMILES string of the molecule is CCCCCCC/C=C\C/C=C\C/C=C\CCCCCCCCC(=O)OC(COC(=O)CCCCCCCCCCCCCCCC)COP(=O)([O-])OCC[N+](C)(C)C. The van der Waals surface area contributed by atoms with Gasteiger partial charge in [-0.25, -0.2) is 0 Å². The van der Waals surface area contributed by atoms with Crippen LogP contribution in [0, 0.1) is 0 Å². The molecule has 0 saturated heterocycles. The second-order valence-electron chi connectivity index (χ2n) is 17.5. The Morgan fingerprint density at radius 1 is 0.525 bits per heavy atom. The zero-order chi connectivity index (χ0) is 43.6. The summed E-state index contributed by atoms with van der Waals surface area (Å²) in [5, 5.41) is 0. The Bertz CT molecular complexity index is 1100. The topological polar surface area (TPSA) is 111 Å². The molecular formula is C49H92NO8P. The highest BCUT2D eigenvalue weighted by molar-refractivity contribution is 7.45. The first-order valence-electron chi connectivity index (χ1n) is 24.2. The first-order valence-corrected chi connectivity index (χ1v) is 25.7. The van der Waals surface area contributed by atoms with E-state index in [4.69, 9.17) is 18.5 Å². The van der Waals surface area contributed by atoms with Crippen LogP contribution in [0.2, 0.25) is 0 Å². The van der Waals surface area contributed by atoms with Crippen LogP contribution in [0.1, 0.15) is 213 Å². The van der Waals surface area contributed by atoms with Crippen molar-refractivity contribution in [3.63, 3.8) is 0 Å². The van der Waals surface area contributed by atoms with Crippen molar-refractivity contribution in [1.82, 2.24) is 0 Å². The second-order valence-corrected chi connectivity index (χ2v) is 18.9. The van der Waals surface area contributed by atoms with Gasteiger partial charge in [0.05, 0.1) is 27.7 Å². The van der Waals surface area contributed by atoms with Crippen molar-refractivity contribution < 1.29 is 42.1 Å². The predicted octanol–water partition coefficient (Wildman–Crippen LogP) is 13.5. The van der Waals surface area contributed by atoms with Crippen molar-refractivity contribution in [1.29, 1.82) is 0 Å². The Morgan fingerprint density at radius 2 is 0.915 bits per heavy atom. The maximum absolute atomic E-state index is 12.7. The molecule has 0 saturated carbocycles. The zero-order valence-corrected chi connectivity index (χ0v) is 39.8. The predicted molar refractivity (Wildman–Crippen MR) is 245 cm³/mol. The molecule has 0 aliphatic rings. The van der Waals surface area contributed by atoms with Crippen LogP contribution in [0.15, 0.2) is 36.5 Å². The molecule has 0 aromatic carbocycles. The van der Waals surface area contributed by atoms with E-state index in [0.717, 1.165) is 70.6 Å². The van der Waals surface area contributed by atoms with Crippen LogP contribution in [0.3, 0.4) is 0 Å². The van der Waals surface area contributed by atoms with E-state index >= 15 is 0 Å². The number of esters is 2. The molecule has 0 aliphatic carbocycles. The lowest BCUT2D eigenvalue weighted by atomic mass is 10.0. The molecule has 0 radical (unpaired) electrons. The van der Waals surface area contributed by atoms with Gasteiger partial charge in [-0.05, 0) is 51.4 Å². The van der Waals surface area contributed by atoms with E-state index < -0.39 is 26.5 Å². The Balaban J connectivity index is 4.31. The summed E-state index contributed by atoms with van der Waals surface area (Å²) in [5.41, 5.74) is 0. The van der Waals surface area contributed by atoms with Gasteiger partial charge >= 0.3 is 11.9 Å². The summed E-state index contributed by atoms with van der Waals surface area (Å²) in [5.74, 6) is -0.842. The summed E-state index contributed by atoms with van der Waals surface area (Å²) in [7, 11) is 1.16. The summed E-state index contributed by atoms with van der Waals surface area (Å²) in [6, 6.07) is 0. The monoisotopic (exact) mass is 854 g/mol. The van der Waals surface area contributed by atoms with Crippen molar-refractivity contribution in [3.05, 3.63) is 36.5 Å². The average Bonchev–Trinajstić information content (AvgIpc) is 3.19. The van der Waals surface area contributed by atoms with E-state index in [1.165, 1.54) is 109 Å². The quantitative estimate of drug-likeness (QED) is 0.0196. The Morgan fingerprint density at radius 3 is 1.36 bits per heavy atom. The van der Waals surface area contributed by atoms with Crippen molar-refractivity contribution in [2.45, 2.75) is 219 Å². The Hall–Kier alpha value is -1.77. The van der Waals surface area contributed by atoms with Crippen LogP contribution in [0.4, 0.5) is 0 Å². The summed E-state index contributed by atoms with van der Waals surface area (Å²) in [4.78, 5) is 37.6. The molecular weight excluding hydrogens is 762 g/mol. The summed E-state index contributed by atoms with van der Waals surface area (Å²) in [6.45, 7) is 4.22. The molecule has 0 spiro atoms. The van der Waals surface area contributed by atoms with Crippen molar-refractivity contribution >= 4 is 19.8 Å². The Kier molecular flexibility index (Phi) is 40.3. The molecule has 0 rings (SSSR count). The third kappa shape index (κ3) is 45.6. The molecule has 59 heavy (non-hydrogen) atoms. The fourth-order valence-electron chi connectivity index (χ4n) is 6.60. The summed E-state index contributed by atoms with van der Waals surface area (Å²) in [6.07, 6.45) is 47.4. The highest BCUT2D eigenvalue weighted by Crippen LogP contribution is 2.38. The van der Waals surface area contributed by atoms with Gasteiger partial charge in [-0.3, -0.25) is 14.2 Å². The number of unbranched alkanes of at least 4 members (excludes halogenated alkanes) is 24. The van der Waals surface area contributed by atoms with Gasteiger partial charge in [-0.15, -0.1) is 0 Å². The van der Waals surface area contributed by atoms with Crippen molar-refractivity contribution in [2.75, 3.05) is 47.5 Å². The van der Waals surface area contributed by atoms with Crippen LogP contribution in [-0.2, 0) is 32.7 Å². The van der Waals surface area contributed by atoms with E-state index in [9.17, 15) is 19.0 Å². The molecule has 0 bridgehead atoms. The number of ether oxygens (including phenoxy) is 2. The van der Waals surface area contributed by atoms with Crippen LogP contribution in [-0.4, -0.2) is 70.0 Å². The van der Waals surface area contributed by atoms with E-state index in [1.54, 1.807) is 0 Å². The van der Waals surface area contributed by atoms with Gasteiger partial charge in [0.15, 0.2) is 6.10 Å². The number of phosphoric acid groups is 1. The molecule has 9 nitrogen and oxygen atoms in total. The summed E-state index contributed by atoms with van der Waals surface area (Å²) < 4.78 is 34.0. The van der Waals surface area contributed by atoms with E-state index in [2.05, 4.69) is 50.3 Å². The first-order chi connectivity index (χ1) is 28.5. The molecule has 2 atom stereocenters. The van der Waals surface area contributed by atoms with Gasteiger partial charge < -0.3 is 27.9 Å². The van der Waals surface area contributed by atoms with E-state index in [-0.39, 0.29) is 32.0 Å². The minimum absolute atomic E-state index is 0.0329. The number of nitrogens with zero attached hydrogens (tertiary/aromatic N) is 1. The van der Waals surface area contributed by atoms with Crippen molar-refractivity contribution in [2.24, 2.45) is 0 Å². The maximum atomic E-state index is 12.7. The number of hydrogen-bond acceptors (Lipinski definition) is 8. The first kappa shape index (κ1) is 57.2. The van der Waals surface area contributed by atoms with Gasteiger partial charge in [0.25, 0.3) is 7.82 Å². The number of likely N-dealkylation sites (N-methyl/N-ethyl adjacent to an activating group) is 1. The van der Waals surface area contributed by atoms with Crippen LogP contribution >= 0.6 is 7.82 Å². The fourth-order valence-corrected chi connectivity index (χ4v) is 7.33. The molecule has 0 aromatic heterocycles. The van der Waals surface area contributed by atoms with E-state index in [0.29, 0.717) is 17.4 Å². The van der Waals surface area contributed by atoms with Gasteiger partial charge in [0.1, 0.15) is 19.8 Å². The molecule has 0 aliphatic heterocycles. The summed E-state index contributed by atoms with van der Waals surface area (Å²) >= 11 is 0. The lowest BCUT2D eigenvalue weighted by Gasteiger charge is -2.28. The number of phosphoric ester groups is 1. The number of rotatable bonds is 44. The highest BCUT2D eigenvalue weighted by Gasteiger charge is 2.21. The smallest absolute Gasteiger partial charge is 0.306 e. The van der Waals surface area contributed by atoms with Crippen LogP contribution in [0.5, 0.6) is 0 Å². The molecule has 0 fully saturated rings. The van der Waals surface area contributed by atoms with Gasteiger partial charge in [-0.2, -0.15) is 0 Å². The lowest BCUT2D eigenvalue weighted by molar-refractivity contribution is -0.870. The molecule has 0 aromatic rings. The normalized spacial score (nSPS) is 13.8. The van der Waals surface area contributed by atoms with Crippen LogP contribution < -0.4 is 4.89 Å². The van der Waals surface area contributed by atoms with Gasteiger partial charge in [-0.1, -0.05) is 185 Å². The number of hydrogen-bond donors (Lipinski definition) is 0. The second kappa shape index (κ2) is 41.6. The van der Waals surface area contributed by atoms with Gasteiger partial charge in [0.2, 0.25) is 0 Å². The van der Waals surface area contributed by atoms with Crippen molar-refractivity contribution in [3.8, 4) is 0 Å². The molecule has 0 N–H and O–H groups in total. The zero-order valence-electron chi connectivity index (χ0n) is 39.0. The number of carbonyl (C=O) groups is 2. The standard InChI is InChI=1S/C49H92NO8P/c1-6-8-10-12-14-16-18-20-22-23-24-25-26-27-28-30-32-34-36-38-40-42-49(52)58-47(46-57-59(53,54)56-44-43-50(3,4)5)45-55-48(51)41-39-37-35-33-31-29-21-19-17-15-13-11-9-7-2/h18,20,23-24,26-27,47H,6-17,19,21-22,25,28-46H2,1-5H3/b20-18-,24-23-,27-26-. The number of allylic oxidation sites excluding steroid dienone is 6. The molecule has 0 amide bonds. The van der Waals surface area contributed by atoms with Gasteiger partial charge in [0, 0.05) is 12.8 Å². The lowest BCUT2D eigenvalue weighted by Crippen LogP contribution is -2.37. The molecule has 2 unspecified atom stereocenters. The Labute approximate surface area is 363 Å². The minimum atomic E-state index is -4.63. The fraction of sp³-hybridized carbons (Fsp3) is 0.837. The minimum Gasteiger partial charge on any atom is -0.756 e. The third-order valence-corrected chi connectivity index (χ3v) is 11.4. The van der Waals surface area contributed by atoms with E-state index in [1.807, 2.05) is 21.1 Å². The molecule has 346 valence electrons. The molecule has 10 heteroatoms. The average molecular weight is 854 g/mol. The molecule has 0 heterocycles. The number of carbonyl (C=O) groups excluding carboxylic acids is 2. The maximum Gasteiger partial charge on any atom is 0.306 e. The number of quaternary nitrogens is 1. The largest absolute Gasteiger partial charge is 0.756 e.